The number of aromatic amines is 1. The van der Waals surface area contributed by atoms with Gasteiger partial charge in [-0.1, -0.05) is 0 Å². The summed E-state index contributed by atoms with van der Waals surface area (Å²) in [5.74, 6) is -0.403. The highest BCUT2D eigenvalue weighted by molar-refractivity contribution is 5.96. The van der Waals surface area contributed by atoms with Gasteiger partial charge in [0.25, 0.3) is 5.91 Å². The van der Waals surface area contributed by atoms with Crippen LogP contribution in [0.4, 0.5) is 5.69 Å². The van der Waals surface area contributed by atoms with Crippen molar-refractivity contribution in [2.45, 2.75) is 6.10 Å². The van der Waals surface area contributed by atoms with Crippen molar-refractivity contribution in [1.29, 1.82) is 0 Å². The van der Waals surface area contributed by atoms with Crippen molar-refractivity contribution in [1.82, 2.24) is 15.5 Å². The predicted octanol–water partition coefficient (Wildman–Crippen LogP) is -1.27. The van der Waals surface area contributed by atoms with Crippen LogP contribution < -0.4 is 11.1 Å². The second kappa shape index (κ2) is 5.32. The highest BCUT2D eigenvalue weighted by atomic mass is 16.5. The zero-order valence-electron chi connectivity index (χ0n) is 8.36. The molecule has 1 aromatic heterocycles. The van der Waals surface area contributed by atoms with Crippen molar-refractivity contribution in [2.75, 3.05) is 26.0 Å². The Morgan fingerprint density at radius 2 is 2.60 bits per heavy atom. The van der Waals surface area contributed by atoms with Gasteiger partial charge in [0.15, 0.2) is 0 Å². The highest BCUT2D eigenvalue weighted by Gasteiger charge is 2.12. The molecule has 7 nitrogen and oxygen atoms in total. The van der Waals surface area contributed by atoms with Crippen molar-refractivity contribution in [3.05, 3.63) is 11.9 Å². The highest BCUT2D eigenvalue weighted by Crippen LogP contribution is 2.04. The fourth-order valence-corrected chi connectivity index (χ4v) is 1.03. The Labute approximate surface area is 86.6 Å². The lowest BCUT2D eigenvalue weighted by atomic mass is 10.3. The summed E-state index contributed by atoms with van der Waals surface area (Å²) in [7, 11) is 1.47. The second-order valence-corrected chi connectivity index (χ2v) is 3.02. The number of nitrogens with zero attached hydrogens (tertiary/aromatic N) is 1. The molecule has 1 atom stereocenters. The van der Waals surface area contributed by atoms with E-state index in [1.54, 1.807) is 0 Å². The van der Waals surface area contributed by atoms with Gasteiger partial charge in [-0.3, -0.25) is 9.89 Å². The summed E-state index contributed by atoms with van der Waals surface area (Å²) in [5.41, 5.74) is 5.93. The van der Waals surface area contributed by atoms with Crippen LogP contribution in [0.1, 0.15) is 10.5 Å². The van der Waals surface area contributed by atoms with E-state index in [0.29, 0.717) is 0 Å². The van der Waals surface area contributed by atoms with Gasteiger partial charge in [-0.15, -0.1) is 0 Å². The molecule has 0 aliphatic heterocycles. The first kappa shape index (κ1) is 11.5. The fourth-order valence-electron chi connectivity index (χ4n) is 1.03. The third-order valence-corrected chi connectivity index (χ3v) is 1.75. The third-order valence-electron chi connectivity index (χ3n) is 1.75. The summed E-state index contributed by atoms with van der Waals surface area (Å²) in [4.78, 5) is 11.4. The van der Waals surface area contributed by atoms with E-state index >= 15 is 0 Å². The quantitative estimate of drug-likeness (QED) is 0.488. The molecular weight excluding hydrogens is 200 g/mol. The van der Waals surface area contributed by atoms with Crippen LogP contribution in [0.5, 0.6) is 0 Å². The summed E-state index contributed by atoms with van der Waals surface area (Å²) >= 11 is 0. The number of rotatable bonds is 5. The van der Waals surface area contributed by atoms with Gasteiger partial charge in [0.1, 0.15) is 5.69 Å². The first-order valence-corrected chi connectivity index (χ1v) is 4.39. The summed E-state index contributed by atoms with van der Waals surface area (Å²) < 4.78 is 4.70. The summed E-state index contributed by atoms with van der Waals surface area (Å²) in [5, 5.41) is 17.8. The summed E-state index contributed by atoms with van der Waals surface area (Å²) in [6.07, 6.45) is 0.614. The molecule has 0 aliphatic rings. The van der Waals surface area contributed by atoms with E-state index in [1.807, 2.05) is 0 Å². The zero-order valence-corrected chi connectivity index (χ0v) is 8.36. The van der Waals surface area contributed by atoms with Crippen LogP contribution in [0, 0.1) is 0 Å². The molecule has 0 bridgehead atoms. The van der Waals surface area contributed by atoms with E-state index in [1.165, 1.54) is 13.3 Å². The van der Waals surface area contributed by atoms with Gasteiger partial charge in [-0.2, -0.15) is 5.10 Å². The lowest BCUT2D eigenvalue weighted by Crippen LogP contribution is -2.34. The number of nitrogens with one attached hydrogen (secondary N) is 2. The van der Waals surface area contributed by atoms with Crippen LogP contribution in [-0.2, 0) is 4.74 Å². The average Bonchev–Trinajstić information content (AvgIpc) is 2.61. The van der Waals surface area contributed by atoms with E-state index in [9.17, 15) is 9.90 Å². The Hall–Kier alpha value is -1.60. The monoisotopic (exact) mass is 214 g/mol. The summed E-state index contributed by atoms with van der Waals surface area (Å²) in [6, 6.07) is 0. The number of carbonyl (C=O) groups excluding carboxylic acids is 1. The van der Waals surface area contributed by atoms with Crippen LogP contribution in [0.15, 0.2) is 6.20 Å². The molecule has 84 valence electrons. The van der Waals surface area contributed by atoms with Gasteiger partial charge in [0.05, 0.1) is 24.6 Å². The topological polar surface area (TPSA) is 113 Å². The number of H-pyrrole nitrogens is 1. The van der Waals surface area contributed by atoms with Crippen molar-refractivity contribution >= 4 is 11.6 Å². The van der Waals surface area contributed by atoms with Crippen molar-refractivity contribution < 1.29 is 14.6 Å². The largest absolute Gasteiger partial charge is 0.396 e. The Morgan fingerprint density at radius 1 is 1.87 bits per heavy atom. The molecule has 0 fully saturated rings. The molecule has 0 radical (unpaired) electrons. The number of hydrogen-bond acceptors (Lipinski definition) is 5. The first-order chi connectivity index (χ1) is 7.15. The second-order valence-electron chi connectivity index (χ2n) is 3.02. The minimum atomic E-state index is -0.733. The van der Waals surface area contributed by atoms with Gasteiger partial charge >= 0.3 is 0 Å². The van der Waals surface area contributed by atoms with E-state index < -0.39 is 12.0 Å². The molecule has 0 saturated carbocycles. The molecule has 0 spiro atoms. The lowest BCUT2D eigenvalue weighted by Gasteiger charge is -2.09. The maximum absolute atomic E-state index is 11.4. The maximum Gasteiger partial charge on any atom is 0.271 e. The zero-order chi connectivity index (χ0) is 11.3. The SMILES string of the molecule is COCC(O)CNC(=O)c1[nH]ncc1N. The van der Waals surface area contributed by atoms with Gasteiger partial charge < -0.3 is 20.9 Å². The smallest absolute Gasteiger partial charge is 0.271 e. The Bertz CT molecular complexity index is 325. The molecule has 0 aliphatic carbocycles. The number of aliphatic hydroxyl groups excluding tert-OH is 1. The fraction of sp³-hybridized carbons (Fsp3) is 0.500. The molecule has 1 heterocycles. The van der Waals surface area contributed by atoms with Gasteiger partial charge in [-0.05, 0) is 0 Å². The van der Waals surface area contributed by atoms with Crippen LogP contribution in [-0.4, -0.2) is 47.6 Å². The minimum absolute atomic E-state index is 0.102. The Kier molecular flexibility index (Phi) is 4.07. The molecule has 15 heavy (non-hydrogen) atoms. The first-order valence-electron chi connectivity index (χ1n) is 4.39. The molecule has 0 aromatic carbocycles. The Morgan fingerprint density at radius 3 is 3.13 bits per heavy atom. The molecule has 1 rings (SSSR count). The average molecular weight is 214 g/mol. The predicted molar refractivity (Wildman–Crippen MR) is 53.2 cm³/mol. The van der Waals surface area contributed by atoms with E-state index in [2.05, 4.69) is 15.5 Å². The standard InChI is InChI=1S/C8H14N4O3/c1-15-4-5(13)2-10-8(14)7-6(9)3-11-12-7/h3,5,13H,2,4,9H2,1H3,(H,10,14)(H,11,12). The van der Waals surface area contributed by atoms with Gasteiger partial charge in [0.2, 0.25) is 0 Å². The van der Waals surface area contributed by atoms with Crippen LogP contribution >= 0.6 is 0 Å². The number of hydrogen-bond donors (Lipinski definition) is 4. The molecule has 7 heteroatoms. The molecule has 0 saturated heterocycles. The number of aromatic nitrogens is 2. The van der Waals surface area contributed by atoms with Crippen LogP contribution in [0.25, 0.3) is 0 Å². The van der Waals surface area contributed by atoms with Gasteiger partial charge in [0, 0.05) is 13.7 Å². The van der Waals surface area contributed by atoms with E-state index in [-0.39, 0.29) is 24.5 Å². The van der Waals surface area contributed by atoms with E-state index in [4.69, 9.17) is 10.5 Å². The van der Waals surface area contributed by atoms with Crippen molar-refractivity contribution in [3.8, 4) is 0 Å². The van der Waals surface area contributed by atoms with E-state index in [0.717, 1.165) is 0 Å². The third kappa shape index (κ3) is 3.22. The maximum atomic E-state index is 11.4. The van der Waals surface area contributed by atoms with Crippen LogP contribution in [0.3, 0.4) is 0 Å². The number of aliphatic hydroxyl groups is 1. The molecule has 5 N–H and O–H groups in total. The molecule has 1 unspecified atom stereocenters. The number of nitrogens with two attached hydrogens (primary N) is 1. The van der Waals surface area contributed by atoms with Crippen molar-refractivity contribution in [2.24, 2.45) is 0 Å². The summed E-state index contributed by atoms with van der Waals surface area (Å²) in [6.45, 7) is 0.268. The van der Waals surface area contributed by atoms with Crippen molar-refractivity contribution in [3.63, 3.8) is 0 Å². The molecular formula is C8H14N4O3. The normalized spacial score (nSPS) is 12.4. The number of methoxy groups -OCH3 is 1. The number of ether oxygens (including phenoxy) is 1. The number of anilines is 1. The number of nitrogen functional groups attached to an aromatic ring is 1. The number of amides is 1. The number of carbonyl (C=O) groups is 1. The van der Waals surface area contributed by atoms with Crippen LogP contribution in [0.2, 0.25) is 0 Å². The minimum Gasteiger partial charge on any atom is -0.396 e. The molecule has 1 amide bonds. The Balaban J connectivity index is 2.40. The lowest BCUT2D eigenvalue weighted by molar-refractivity contribution is 0.0609. The van der Waals surface area contributed by atoms with Gasteiger partial charge in [-0.25, -0.2) is 0 Å². The molecule has 1 aromatic rings.